The Hall–Kier alpha value is -2.38. The van der Waals surface area contributed by atoms with Crippen molar-refractivity contribution in [3.05, 3.63) is 54.1 Å². The van der Waals surface area contributed by atoms with Crippen molar-refractivity contribution >= 4 is 21.6 Å². The number of ether oxygens (including phenoxy) is 1. The quantitative estimate of drug-likeness (QED) is 0.606. The van der Waals surface area contributed by atoms with Gasteiger partial charge in [0.2, 0.25) is 10.0 Å². The molecule has 32 heavy (non-hydrogen) atoms. The predicted octanol–water partition coefficient (Wildman–Crippen LogP) is 4.70. The molecule has 1 aliphatic carbocycles. The minimum absolute atomic E-state index is 0.0000124. The van der Waals surface area contributed by atoms with Crippen LogP contribution in [-0.4, -0.2) is 44.4 Å². The number of sulfonamides is 1. The summed E-state index contributed by atoms with van der Waals surface area (Å²) in [6.07, 6.45) is 5.06. The van der Waals surface area contributed by atoms with Crippen molar-refractivity contribution < 1.29 is 17.9 Å². The molecule has 1 saturated carbocycles. The van der Waals surface area contributed by atoms with Gasteiger partial charge in [0.15, 0.2) is 0 Å². The van der Waals surface area contributed by atoms with Gasteiger partial charge in [-0.1, -0.05) is 6.42 Å². The van der Waals surface area contributed by atoms with Crippen LogP contribution in [0.1, 0.15) is 56.3 Å². The Morgan fingerprint density at radius 1 is 1.03 bits per heavy atom. The van der Waals surface area contributed by atoms with Gasteiger partial charge in [0.05, 0.1) is 12.0 Å². The predicted molar refractivity (Wildman–Crippen MR) is 126 cm³/mol. The summed E-state index contributed by atoms with van der Waals surface area (Å²) in [7, 11) is -1.94. The molecule has 2 unspecified atom stereocenters. The highest BCUT2D eigenvalue weighted by atomic mass is 32.2. The number of methoxy groups -OCH3 is 1. The molecular formula is C25H32N2O4S. The lowest BCUT2D eigenvalue weighted by Gasteiger charge is -2.32. The second kappa shape index (κ2) is 9.24. The van der Waals surface area contributed by atoms with E-state index in [1.165, 1.54) is 0 Å². The highest BCUT2D eigenvalue weighted by Gasteiger charge is 2.36. The third-order valence-corrected chi connectivity index (χ3v) is 8.76. The van der Waals surface area contributed by atoms with Gasteiger partial charge >= 0.3 is 0 Å². The fourth-order valence-electron chi connectivity index (χ4n) is 4.54. The number of rotatable bonds is 7. The third-order valence-electron chi connectivity index (χ3n) is 6.73. The van der Waals surface area contributed by atoms with Crippen LogP contribution in [0.25, 0.3) is 0 Å². The largest absolute Gasteiger partial charge is 0.497 e. The summed E-state index contributed by atoms with van der Waals surface area (Å²) < 4.78 is 33.1. The molecule has 172 valence electrons. The molecular weight excluding hydrogens is 424 g/mol. The summed E-state index contributed by atoms with van der Waals surface area (Å²) in [6.45, 7) is 4.59. The van der Waals surface area contributed by atoms with Crippen LogP contribution in [0.5, 0.6) is 5.75 Å². The van der Waals surface area contributed by atoms with Crippen LogP contribution >= 0.6 is 0 Å². The molecule has 0 N–H and O–H groups in total. The van der Waals surface area contributed by atoms with Gasteiger partial charge in [0, 0.05) is 29.9 Å². The second-order valence-corrected chi connectivity index (χ2v) is 10.8. The molecule has 0 bridgehead atoms. The number of piperidine rings is 1. The molecule has 2 aromatic rings. The van der Waals surface area contributed by atoms with Crippen molar-refractivity contribution in [3.63, 3.8) is 0 Å². The zero-order chi connectivity index (χ0) is 22.9. The van der Waals surface area contributed by atoms with Crippen molar-refractivity contribution in [2.45, 2.75) is 62.9 Å². The summed E-state index contributed by atoms with van der Waals surface area (Å²) in [5, 5.41) is 0. The smallest absolute Gasteiger partial charge is 0.258 e. The van der Waals surface area contributed by atoms with Gasteiger partial charge in [-0.05, 0) is 94.0 Å². The summed E-state index contributed by atoms with van der Waals surface area (Å²) in [4.78, 5) is 15.6. The van der Waals surface area contributed by atoms with E-state index >= 15 is 0 Å². The fraction of sp³-hybridized carbons (Fsp3) is 0.480. The zero-order valence-electron chi connectivity index (χ0n) is 19.0. The zero-order valence-corrected chi connectivity index (χ0v) is 19.8. The topological polar surface area (TPSA) is 66.9 Å². The van der Waals surface area contributed by atoms with Crippen LogP contribution in [0, 0.1) is 5.92 Å². The van der Waals surface area contributed by atoms with Gasteiger partial charge in [-0.3, -0.25) is 4.79 Å². The first-order valence-electron chi connectivity index (χ1n) is 11.4. The Bertz CT molecular complexity index is 1050. The van der Waals surface area contributed by atoms with Crippen LogP contribution in [0.2, 0.25) is 0 Å². The lowest BCUT2D eigenvalue weighted by atomic mass is 10.1. The van der Waals surface area contributed by atoms with Gasteiger partial charge in [0.25, 0.3) is 5.91 Å². The Morgan fingerprint density at radius 3 is 2.25 bits per heavy atom. The van der Waals surface area contributed by atoms with Gasteiger partial charge < -0.3 is 9.64 Å². The average molecular weight is 457 g/mol. The summed E-state index contributed by atoms with van der Waals surface area (Å²) in [5.41, 5.74) is 1.30. The first kappa shape index (κ1) is 22.8. The van der Waals surface area contributed by atoms with Crippen molar-refractivity contribution in [1.82, 2.24) is 4.31 Å². The average Bonchev–Trinajstić information content (AvgIpc) is 3.65. The molecule has 4 rings (SSSR count). The molecule has 7 heteroatoms. The van der Waals surface area contributed by atoms with Crippen LogP contribution in [0.3, 0.4) is 0 Å². The summed E-state index contributed by atoms with van der Waals surface area (Å²) in [6, 6.07) is 14.0. The fourth-order valence-corrected chi connectivity index (χ4v) is 6.24. The summed E-state index contributed by atoms with van der Waals surface area (Å²) >= 11 is 0. The molecule has 2 aliphatic rings. The molecule has 2 atom stereocenters. The van der Waals surface area contributed by atoms with Crippen LogP contribution < -0.4 is 9.64 Å². The standard InChI is InChI=1S/C25H32N2O4S/c1-18-6-4-5-17-26(18)32(29,30)24-15-9-21(10-16-24)25(28)27(19(2)20-7-8-20)22-11-13-23(31-3)14-12-22/h9-16,18-20H,4-8,17H2,1-3H3. The highest BCUT2D eigenvalue weighted by Crippen LogP contribution is 2.38. The molecule has 6 nitrogen and oxygen atoms in total. The van der Waals surface area contributed by atoms with E-state index in [9.17, 15) is 13.2 Å². The molecule has 1 heterocycles. The Labute approximate surface area is 191 Å². The minimum atomic E-state index is -3.56. The van der Waals surface area contributed by atoms with Crippen molar-refractivity contribution in [2.75, 3.05) is 18.6 Å². The van der Waals surface area contributed by atoms with E-state index in [0.29, 0.717) is 18.0 Å². The third kappa shape index (κ3) is 4.55. The number of benzene rings is 2. The van der Waals surface area contributed by atoms with Gasteiger partial charge in [-0.15, -0.1) is 0 Å². The molecule has 1 amide bonds. The van der Waals surface area contributed by atoms with E-state index in [-0.39, 0.29) is 22.9 Å². The maximum Gasteiger partial charge on any atom is 0.258 e. The number of hydrogen-bond donors (Lipinski definition) is 0. The number of carbonyl (C=O) groups is 1. The van der Waals surface area contributed by atoms with Crippen LogP contribution in [0.15, 0.2) is 53.4 Å². The number of nitrogens with zero attached hydrogens (tertiary/aromatic N) is 2. The molecule has 1 saturated heterocycles. The summed E-state index contributed by atoms with van der Waals surface area (Å²) in [5.74, 6) is 1.10. The number of anilines is 1. The lowest BCUT2D eigenvalue weighted by molar-refractivity contribution is 0.0975. The normalized spacial score (nSPS) is 20.5. The van der Waals surface area contributed by atoms with Crippen LogP contribution in [0.4, 0.5) is 5.69 Å². The van der Waals surface area contributed by atoms with E-state index in [4.69, 9.17) is 4.74 Å². The van der Waals surface area contributed by atoms with E-state index < -0.39 is 10.0 Å². The van der Waals surface area contributed by atoms with Crippen molar-refractivity contribution in [1.29, 1.82) is 0 Å². The monoisotopic (exact) mass is 456 g/mol. The molecule has 2 aromatic carbocycles. The Kier molecular flexibility index (Phi) is 6.58. The van der Waals surface area contributed by atoms with Gasteiger partial charge in [0.1, 0.15) is 5.75 Å². The highest BCUT2D eigenvalue weighted by molar-refractivity contribution is 7.89. The van der Waals surface area contributed by atoms with Gasteiger partial charge in [-0.2, -0.15) is 4.31 Å². The Morgan fingerprint density at radius 2 is 1.69 bits per heavy atom. The maximum atomic E-state index is 13.5. The molecule has 2 fully saturated rings. The first-order valence-corrected chi connectivity index (χ1v) is 12.9. The van der Waals surface area contributed by atoms with Crippen molar-refractivity contribution in [2.24, 2.45) is 5.92 Å². The minimum Gasteiger partial charge on any atom is -0.497 e. The van der Waals surface area contributed by atoms with Crippen LogP contribution in [-0.2, 0) is 10.0 Å². The maximum absolute atomic E-state index is 13.5. The van der Waals surface area contributed by atoms with E-state index in [2.05, 4.69) is 6.92 Å². The number of carbonyl (C=O) groups excluding carboxylic acids is 1. The molecule has 0 radical (unpaired) electrons. The van der Waals surface area contributed by atoms with E-state index in [0.717, 1.165) is 43.5 Å². The van der Waals surface area contributed by atoms with Crippen molar-refractivity contribution in [3.8, 4) is 5.75 Å². The number of hydrogen-bond acceptors (Lipinski definition) is 4. The molecule has 0 spiro atoms. The van der Waals surface area contributed by atoms with Gasteiger partial charge in [-0.25, -0.2) is 8.42 Å². The number of amides is 1. The van der Waals surface area contributed by atoms with E-state index in [1.54, 1.807) is 35.7 Å². The SMILES string of the molecule is COc1ccc(N(C(=O)c2ccc(S(=O)(=O)N3CCCCC3C)cc2)C(C)C2CC2)cc1. The molecule has 0 aromatic heterocycles. The molecule has 1 aliphatic heterocycles. The first-order chi connectivity index (χ1) is 15.3. The second-order valence-electron chi connectivity index (χ2n) is 8.94. The van der Waals surface area contributed by atoms with E-state index in [1.807, 2.05) is 36.1 Å². The Balaban J connectivity index is 1.60. The lowest BCUT2D eigenvalue weighted by Crippen LogP contribution is -2.42.